The molecule has 2 aromatic rings. The molecular formula is C23H24F3N7O2. The average molecular weight is 487 g/mol. The molecule has 1 aliphatic carbocycles. The fourth-order valence-electron chi connectivity index (χ4n) is 3.60. The molecule has 2 aromatic heterocycles. The number of amides is 1. The number of nitrogens with one attached hydrogen (secondary N) is 2. The van der Waals surface area contributed by atoms with Gasteiger partial charge in [-0.15, -0.1) is 0 Å². The SMILES string of the molecule is Cc1nn(CC2(C#N)CC2)cc1Nc1cc(NCCCN2C=COC=CC2=O)c(C(F)(F)F)cn1. The highest BCUT2D eigenvalue weighted by molar-refractivity contribution is 5.88. The number of carbonyl (C=O) groups is 1. The third-order valence-electron chi connectivity index (χ3n) is 5.76. The third-order valence-corrected chi connectivity index (χ3v) is 5.76. The lowest BCUT2D eigenvalue weighted by Gasteiger charge is -2.18. The van der Waals surface area contributed by atoms with Crippen LogP contribution in [0.1, 0.15) is 30.5 Å². The Morgan fingerprint density at radius 2 is 2.09 bits per heavy atom. The largest absolute Gasteiger partial charge is 0.471 e. The van der Waals surface area contributed by atoms with Crippen molar-refractivity contribution in [1.82, 2.24) is 19.7 Å². The van der Waals surface area contributed by atoms with Gasteiger partial charge in [0.1, 0.15) is 12.1 Å². The quantitative estimate of drug-likeness (QED) is 0.508. The highest BCUT2D eigenvalue weighted by atomic mass is 19.4. The molecule has 1 fully saturated rings. The van der Waals surface area contributed by atoms with Crippen LogP contribution in [0.25, 0.3) is 0 Å². The van der Waals surface area contributed by atoms with Crippen LogP contribution in [0.4, 0.5) is 30.4 Å². The van der Waals surface area contributed by atoms with Gasteiger partial charge in [-0.2, -0.15) is 23.5 Å². The number of rotatable bonds is 9. The van der Waals surface area contributed by atoms with E-state index in [4.69, 9.17) is 4.74 Å². The predicted molar refractivity (Wildman–Crippen MR) is 121 cm³/mol. The van der Waals surface area contributed by atoms with Crippen LogP contribution in [-0.4, -0.2) is 38.7 Å². The van der Waals surface area contributed by atoms with Gasteiger partial charge in [-0.1, -0.05) is 0 Å². The molecule has 0 spiro atoms. The smallest absolute Gasteiger partial charge is 0.419 e. The second kappa shape index (κ2) is 9.69. The molecule has 9 nitrogen and oxygen atoms in total. The average Bonchev–Trinajstić information content (AvgIpc) is 3.54. The number of carbonyl (C=O) groups excluding carboxylic acids is 1. The number of hydrogen-bond acceptors (Lipinski definition) is 7. The molecule has 3 heterocycles. The van der Waals surface area contributed by atoms with Gasteiger partial charge in [-0.25, -0.2) is 4.98 Å². The molecule has 0 unspecified atom stereocenters. The summed E-state index contributed by atoms with van der Waals surface area (Å²) in [7, 11) is 0. The summed E-state index contributed by atoms with van der Waals surface area (Å²) in [5.74, 6) is -0.0547. The number of hydrogen-bond donors (Lipinski definition) is 2. The zero-order valence-electron chi connectivity index (χ0n) is 19.0. The fraction of sp³-hybridized carbons (Fsp3) is 0.391. The Hall–Kier alpha value is -4.01. The number of anilines is 3. The van der Waals surface area contributed by atoms with E-state index in [1.54, 1.807) is 17.8 Å². The van der Waals surface area contributed by atoms with E-state index in [-0.39, 0.29) is 29.4 Å². The molecule has 0 radical (unpaired) electrons. The van der Waals surface area contributed by atoms with Crippen molar-refractivity contribution >= 4 is 23.1 Å². The molecule has 35 heavy (non-hydrogen) atoms. The number of halogens is 3. The van der Waals surface area contributed by atoms with Gasteiger partial charge in [-0.05, 0) is 26.2 Å². The van der Waals surface area contributed by atoms with Crippen LogP contribution in [0.5, 0.6) is 0 Å². The second-order valence-corrected chi connectivity index (χ2v) is 8.49. The minimum absolute atomic E-state index is 0.123. The molecule has 12 heteroatoms. The Labute approximate surface area is 199 Å². The first-order valence-electron chi connectivity index (χ1n) is 11.0. The van der Waals surface area contributed by atoms with Crippen LogP contribution < -0.4 is 10.6 Å². The molecule has 2 aliphatic rings. The standard InChI is InChI=1S/C23H24F3N7O2/c1-16-19(13-33(31-16)15-22(14-27)4-5-22)30-20-11-18(17(12-29-20)23(24,25)26)28-6-2-7-32-8-10-35-9-3-21(32)34/h3,8-13H,2,4-7,15H2,1H3,(H2,28,29,30). The van der Waals surface area contributed by atoms with E-state index in [0.717, 1.165) is 19.0 Å². The van der Waals surface area contributed by atoms with Crippen molar-refractivity contribution < 1.29 is 22.7 Å². The zero-order valence-corrected chi connectivity index (χ0v) is 19.0. The Kier molecular flexibility index (Phi) is 6.68. The fourth-order valence-corrected chi connectivity index (χ4v) is 3.60. The molecule has 1 amide bonds. The Balaban J connectivity index is 1.43. The summed E-state index contributed by atoms with van der Waals surface area (Å²) in [5.41, 5.74) is -0.150. The first-order chi connectivity index (χ1) is 16.7. The molecule has 0 aromatic carbocycles. The molecule has 2 N–H and O–H groups in total. The molecule has 184 valence electrons. The van der Waals surface area contributed by atoms with Gasteiger partial charge in [0.05, 0.1) is 46.9 Å². The molecule has 4 rings (SSSR count). The second-order valence-electron chi connectivity index (χ2n) is 8.49. The number of ether oxygens (including phenoxy) is 1. The van der Waals surface area contributed by atoms with Gasteiger partial charge in [0, 0.05) is 43.8 Å². The maximum absolute atomic E-state index is 13.5. The number of pyridine rings is 1. The first kappa shape index (κ1) is 24.1. The lowest BCUT2D eigenvalue weighted by molar-refractivity contribution is -0.137. The van der Waals surface area contributed by atoms with Crippen molar-refractivity contribution in [3.63, 3.8) is 0 Å². The van der Waals surface area contributed by atoms with Crippen LogP contribution in [0, 0.1) is 23.7 Å². The first-order valence-corrected chi connectivity index (χ1v) is 11.0. The van der Waals surface area contributed by atoms with Crippen molar-refractivity contribution in [2.75, 3.05) is 23.7 Å². The topological polar surface area (TPSA) is 108 Å². The van der Waals surface area contributed by atoms with E-state index >= 15 is 0 Å². The summed E-state index contributed by atoms with van der Waals surface area (Å²) in [5, 5.41) is 19.5. The highest BCUT2D eigenvalue weighted by Crippen LogP contribution is 2.46. The van der Waals surface area contributed by atoms with E-state index in [9.17, 15) is 23.2 Å². The molecule has 1 aliphatic heterocycles. The maximum atomic E-state index is 13.5. The van der Waals surface area contributed by atoms with Crippen molar-refractivity contribution in [2.24, 2.45) is 5.41 Å². The van der Waals surface area contributed by atoms with E-state index < -0.39 is 11.7 Å². The Morgan fingerprint density at radius 1 is 1.29 bits per heavy atom. The highest BCUT2D eigenvalue weighted by Gasteiger charge is 2.43. The van der Waals surface area contributed by atoms with Gasteiger partial charge in [0.2, 0.25) is 0 Å². The zero-order chi connectivity index (χ0) is 25.1. The predicted octanol–water partition coefficient (Wildman–Crippen LogP) is 4.30. The number of alkyl halides is 3. The molecule has 0 atom stereocenters. The monoisotopic (exact) mass is 487 g/mol. The molecular weight excluding hydrogens is 463 g/mol. The van der Waals surface area contributed by atoms with Gasteiger partial charge in [0.15, 0.2) is 0 Å². The van der Waals surface area contributed by atoms with Crippen molar-refractivity contribution in [2.45, 2.75) is 38.9 Å². The molecule has 0 saturated heterocycles. The number of aromatic nitrogens is 3. The van der Waals surface area contributed by atoms with E-state index in [1.807, 2.05) is 0 Å². The van der Waals surface area contributed by atoms with Crippen LogP contribution in [0.2, 0.25) is 0 Å². The maximum Gasteiger partial charge on any atom is 0.419 e. The number of nitrogens with zero attached hydrogens (tertiary/aromatic N) is 5. The Morgan fingerprint density at radius 3 is 2.80 bits per heavy atom. The molecule has 0 bridgehead atoms. The van der Waals surface area contributed by atoms with Crippen molar-refractivity contribution in [3.05, 3.63) is 54.5 Å². The van der Waals surface area contributed by atoms with Crippen molar-refractivity contribution in [1.29, 1.82) is 5.26 Å². The summed E-state index contributed by atoms with van der Waals surface area (Å²) < 4.78 is 47.2. The van der Waals surface area contributed by atoms with E-state index in [2.05, 4.69) is 26.8 Å². The Bertz CT molecular complexity index is 1190. The van der Waals surface area contributed by atoms with Crippen LogP contribution in [0.15, 0.2) is 43.3 Å². The minimum atomic E-state index is -4.59. The number of aryl methyl sites for hydroxylation is 1. The minimum Gasteiger partial charge on any atom is -0.471 e. The van der Waals surface area contributed by atoms with Gasteiger partial charge < -0.3 is 20.3 Å². The number of nitriles is 1. The van der Waals surface area contributed by atoms with Crippen LogP contribution in [-0.2, 0) is 22.3 Å². The van der Waals surface area contributed by atoms with Crippen molar-refractivity contribution in [3.8, 4) is 6.07 Å². The summed E-state index contributed by atoms with van der Waals surface area (Å²) in [6.07, 6.45) is 5.33. The van der Waals surface area contributed by atoms with Crippen LogP contribution >= 0.6 is 0 Å². The lowest BCUT2D eigenvalue weighted by Crippen LogP contribution is -2.26. The summed E-state index contributed by atoms with van der Waals surface area (Å²) >= 11 is 0. The van der Waals surface area contributed by atoms with Gasteiger partial charge in [0.25, 0.3) is 5.91 Å². The normalized spacial score (nSPS) is 16.4. The third kappa shape index (κ3) is 5.92. The van der Waals surface area contributed by atoms with Crippen LogP contribution in [0.3, 0.4) is 0 Å². The van der Waals surface area contributed by atoms with E-state index in [0.29, 0.717) is 30.9 Å². The van der Waals surface area contributed by atoms with Gasteiger partial charge in [-0.3, -0.25) is 9.48 Å². The lowest BCUT2D eigenvalue weighted by atomic mass is 10.1. The van der Waals surface area contributed by atoms with E-state index in [1.165, 1.54) is 35.8 Å². The molecule has 1 saturated carbocycles. The summed E-state index contributed by atoms with van der Waals surface area (Å²) in [6, 6.07) is 3.61. The summed E-state index contributed by atoms with van der Waals surface area (Å²) in [6.45, 7) is 2.74. The summed E-state index contributed by atoms with van der Waals surface area (Å²) in [4.78, 5) is 17.3. The van der Waals surface area contributed by atoms with Gasteiger partial charge >= 0.3 is 6.18 Å².